The van der Waals surface area contributed by atoms with Gasteiger partial charge in [0.1, 0.15) is 6.61 Å². The number of hydrogen-bond donors (Lipinski definition) is 1. The van der Waals surface area contributed by atoms with Crippen LogP contribution < -0.4 is 10.1 Å². The predicted molar refractivity (Wildman–Crippen MR) is 117 cm³/mol. The Balaban J connectivity index is 1.47. The molecule has 4 rings (SSSR count). The van der Waals surface area contributed by atoms with Crippen molar-refractivity contribution in [3.63, 3.8) is 0 Å². The highest BCUT2D eigenvalue weighted by Gasteiger charge is 2.43. The van der Waals surface area contributed by atoms with Crippen molar-refractivity contribution in [2.45, 2.75) is 26.3 Å². The second-order valence-corrected chi connectivity index (χ2v) is 8.44. The van der Waals surface area contributed by atoms with Gasteiger partial charge in [0.05, 0.1) is 18.6 Å². The summed E-state index contributed by atoms with van der Waals surface area (Å²) in [7, 11) is 3.99. The summed E-state index contributed by atoms with van der Waals surface area (Å²) in [5.41, 5.74) is 3.20. The number of pyridine rings is 1. The van der Waals surface area contributed by atoms with Gasteiger partial charge in [-0.3, -0.25) is 9.07 Å². The predicted octanol–water partition coefficient (Wildman–Crippen LogP) is 3.48. The van der Waals surface area contributed by atoms with Gasteiger partial charge in [0.15, 0.2) is 0 Å². The van der Waals surface area contributed by atoms with Crippen LogP contribution in [-0.2, 0) is 6.54 Å². The van der Waals surface area contributed by atoms with Crippen molar-refractivity contribution in [2.24, 2.45) is 5.41 Å². The van der Waals surface area contributed by atoms with Crippen molar-refractivity contribution < 1.29 is 9.13 Å². The van der Waals surface area contributed by atoms with Crippen molar-refractivity contribution in [2.75, 3.05) is 39.2 Å². The fourth-order valence-electron chi connectivity index (χ4n) is 3.25. The quantitative estimate of drug-likeness (QED) is 0.533. The van der Waals surface area contributed by atoms with Crippen LogP contribution in [0.1, 0.15) is 18.4 Å². The van der Waals surface area contributed by atoms with Gasteiger partial charge < -0.3 is 15.0 Å². The van der Waals surface area contributed by atoms with Crippen LogP contribution in [0.2, 0.25) is 0 Å². The van der Waals surface area contributed by atoms with Crippen LogP contribution in [0.25, 0.3) is 11.3 Å². The van der Waals surface area contributed by atoms with E-state index in [-0.39, 0.29) is 12.1 Å². The maximum atomic E-state index is 13.2. The van der Waals surface area contributed by atoms with Gasteiger partial charge in [-0.25, -0.2) is 15.0 Å². The molecule has 0 unspecified atom stereocenters. The van der Waals surface area contributed by atoms with Crippen LogP contribution >= 0.6 is 0 Å². The summed E-state index contributed by atoms with van der Waals surface area (Å²) < 4.78 is 20.7. The molecular weight excluding hydrogens is 397 g/mol. The molecule has 1 aliphatic rings. The smallest absolute Gasteiger partial charge is 0.227 e. The molecule has 0 atom stereocenters. The molecule has 9 heteroatoms. The van der Waals surface area contributed by atoms with E-state index in [0.717, 1.165) is 41.9 Å². The van der Waals surface area contributed by atoms with E-state index in [1.807, 2.05) is 48.9 Å². The summed E-state index contributed by atoms with van der Waals surface area (Å²) in [5.74, 6) is 1.02. The lowest BCUT2D eigenvalue weighted by atomic mass is 10.1. The van der Waals surface area contributed by atoms with Crippen LogP contribution in [0.15, 0.2) is 36.9 Å². The normalized spacial score (nSPS) is 14.6. The van der Waals surface area contributed by atoms with E-state index in [1.165, 1.54) is 0 Å². The number of alkyl halides is 1. The fraction of sp³-hybridized carbons (Fsp3) is 0.455. The molecule has 0 aliphatic heterocycles. The monoisotopic (exact) mass is 425 g/mol. The van der Waals surface area contributed by atoms with E-state index in [1.54, 1.807) is 18.6 Å². The molecule has 31 heavy (non-hydrogen) atoms. The summed E-state index contributed by atoms with van der Waals surface area (Å²) in [6.45, 7) is 3.64. The van der Waals surface area contributed by atoms with Gasteiger partial charge in [-0.2, -0.15) is 5.10 Å². The number of hydrogen-bond acceptors (Lipinski definition) is 7. The topological polar surface area (TPSA) is 81.0 Å². The molecule has 1 fully saturated rings. The van der Waals surface area contributed by atoms with Gasteiger partial charge in [0.25, 0.3) is 0 Å². The van der Waals surface area contributed by atoms with E-state index in [9.17, 15) is 4.39 Å². The van der Waals surface area contributed by atoms with Gasteiger partial charge in [-0.1, -0.05) is 0 Å². The fourth-order valence-corrected chi connectivity index (χ4v) is 3.25. The first-order valence-corrected chi connectivity index (χ1v) is 10.4. The number of aryl methyl sites for hydroxylation is 1. The molecule has 3 aromatic rings. The number of halogens is 1. The summed E-state index contributed by atoms with van der Waals surface area (Å²) in [6, 6.07) is 3.66. The molecule has 0 aromatic carbocycles. The first-order chi connectivity index (χ1) is 15.0. The minimum atomic E-state index is -0.296. The Kier molecular flexibility index (Phi) is 6.13. The second-order valence-electron chi connectivity index (χ2n) is 8.44. The Morgan fingerprint density at radius 1 is 1.26 bits per heavy atom. The first kappa shape index (κ1) is 21.2. The molecule has 1 N–H and O–H groups in total. The third-order valence-corrected chi connectivity index (χ3v) is 5.40. The van der Waals surface area contributed by atoms with Crippen molar-refractivity contribution in [1.29, 1.82) is 0 Å². The highest BCUT2D eigenvalue weighted by atomic mass is 19.1. The number of ether oxygens (including phenoxy) is 1. The lowest BCUT2D eigenvalue weighted by molar-refractivity contribution is 0.254. The molecule has 1 aliphatic carbocycles. The Labute approximate surface area is 181 Å². The standard InChI is InChI=1S/C22H28FN7O/c1-16-11-25-21(27-18-4-7-24-19(10-18)31-9-8-29(2)3)28-20(16)17-12-26-30(13-17)15-22(14-23)5-6-22/h4,7,10-13H,5-6,8-9,14-15H2,1-3H3,(H,24,25,27,28). The molecule has 0 amide bonds. The Morgan fingerprint density at radius 3 is 2.84 bits per heavy atom. The highest BCUT2D eigenvalue weighted by molar-refractivity contribution is 5.64. The number of nitrogens with zero attached hydrogens (tertiary/aromatic N) is 6. The van der Waals surface area contributed by atoms with Crippen LogP contribution in [0.3, 0.4) is 0 Å². The minimum Gasteiger partial charge on any atom is -0.476 e. The van der Waals surface area contributed by atoms with Crippen molar-refractivity contribution in [3.05, 3.63) is 42.5 Å². The van der Waals surface area contributed by atoms with Gasteiger partial charge in [-0.05, 0) is 45.5 Å². The van der Waals surface area contributed by atoms with Gasteiger partial charge in [0.2, 0.25) is 11.8 Å². The zero-order chi connectivity index (χ0) is 21.8. The molecule has 0 bridgehead atoms. The second kappa shape index (κ2) is 8.97. The van der Waals surface area contributed by atoms with Crippen LogP contribution in [0, 0.1) is 12.3 Å². The largest absolute Gasteiger partial charge is 0.476 e. The van der Waals surface area contributed by atoms with Crippen molar-refractivity contribution >= 4 is 11.6 Å². The summed E-state index contributed by atoms with van der Waals surface area (Å²) >= 11 is 0. The van der Waals surface area contributed by atoms with Gasteiger partial charge in [-0.15, -0.1) is 0 Å². The summed E-state index contributed by atoms with van der Waals surface area (Å²) in [5, 5.41) is 7.63. The zero-order valence-corrected chi connectivity index (χ0v) is 18.2. The first-order valence-electron chi connectivity index (χ1n) is 10.4. The van der Waals surface area contributed by atoms with Crippen molar-refractivity contribution in [1.82, 2.24) is 29.6 Å². The average Bonchev–Trinajstić information content (AvgIpc) is 3.37. The molecule has 3 heterocycles. The maximum absolute atomic E-state index is 13.2. The van der Waals surface area contributed by atoms with E-state index >= 15 is 0 Å². The number of rotatable bonds is 10. The third kappa shape index (κ3) is 5.35. The van der Waals surface area contributed by atoms with Crippen LogP contribution in [0.5, 0.6) is 5.88 Å². The highest BCUT2D eigenvalue weighted by Crippen LogP contribution is 2.47. The lowest BCUT2D eigenvalue weighted by Gasteiger charge is -2.12. The molecule has 0 radical (unpaired) electrons. The van der Waals surface area contributed by atoms with Gasteiger partial charge >= 0.3 is 0 Å². The van der Waals surface area contributed by atoms with E-state index < -0.39 is 0 Å². The molecule has 3 aromatic heterocycles. The number of aromatic nitrogens is 5. The Morgan fingerprint density at radius 2 is 2.10 bits per heavy atom. The maximum Gasteiger partial charge on any atom is 0.227 e. The number of nitrogens with one attached hydrogen (secondary N) is 1. The Bertz CT molecular complexity index is 1030. The lowest BCUT2D eigenvalue weighted by Crippen LogP contribution is -2.19. The van der Waals surface area contributed by atoms with Crippen LogP contribution in [0.4, 0.5) is 16.0 Å². The molecule has 8 nitrogen and oxygen atoms in total. The molecule has 1 saturated carbocycles. The van der Waals surface area contributed by atoms with Crippen molar-refractivity contribution in [3.8, 4) is 17.1 Å². The molecular formula is C22H28FN7O. The average molecular weight is 426 g/mol. The number of anilines is 2. The zero-order valence-electron chi connectivity index (χ0n) is 18.2. The molecule has 0 saturated heterocycles. The van der Waals surface area contributed by atoms with Crippen LogP contribution in [-0.4, -0.2) is 63.6 Å². The van der Waals surface area contributed by atoms with E-state index in [0.29, 0.717) is 25.0 Å². The van der Waals surface area contributed by atoms with E-state index in [4.69, 9.17) is 4.74 Å². The van der Waals surface area contributed by atoms with E-state index in [2.05, 4.69) is 25.4 Å². The summed E-state index contributed by atoms with van der Waals surface area (Å²) in [4.78, 5) is 15.4. The third-order valence-electron chi connectivity index (χ3n) is 5.40. The summed E-state index contributed by atoms with van der Waals surface area (Å²) in [6.07, 6.45) is 9.01. The molecule has 164 valence electrons. The number of likely N-dealkylation sites (N-methyl/N-ethyl adjacent to an activating group) is 1. The SMILES string of the molecule is Cc1cnc(Nc2ccnc(OCCN(C)C)c2)nc1-c1cnn(CC2(CF)CC2)c1. The minimum absolute atomic E-state index is 0.218. The molecule has 0 spiro atoms. The Hall–Kier alpha value is -3.07. The van der Waals surface area contributed by atoms with Gasteiger partial charge in [0, 0.05) is 54.4 Å².